The number of halogens is 2. The summed E-state index contributed by atoms with van der Waals surface area (Å²) in [6.45, 7) is 0.744. The smallest absolute Gasteiger partial charge is 0.251 e. The van der Waals surface area contributed by atoms with Crippen molar-refractivity contribution >= 4 is 45.2 Å². The fraction of sp³-hybridized carbons (Fsp3) is 0.462. The summed E-state index contributed by atoms with van der Waals surface area (Å²) in [5, 5.41) is 4.12. The van der Waals surface area contributed by atoms with Crippen molar-refractivity contribution in [2.75, 3.05) is 12.3 Å². The third-order valence-corrected chi connectivity index (χ3v) is 4.96. The standard InChI is InChI=1S/C13H15BrClNOS/c14-10-5-9(6-11(15)7-10)13(17)16-8-12-3-1-2-4-18-12/h5-7,12H,1-4,8H2,(H,16,17). The second-order valence-electron chi connectivity index (χ2n) is 4.36. The van der Waals surface area contributed by atoms with Gasteiger partial charge in [0.05, 0.1) is 0 Å². The molecule has 1 aromatic rings. The third-order valence-electron chi connectivity index (χ3n) is 2.89. The molecule has 1 aliphatic rings. The lowest BCUT2D eigenvalue weighted by atomic mass is 10.1. The van der Waals surface area contributed by atoms with Gasteiger partial charge in [-0.15, -0.1) is 0 Å². The highest BCUT2D eigenvalue weighted by molar-refractivity contribution is 9.10. The molecule has 1 amide bonds. The topological polar surface area (TPSA) is 29.1 Å². The van der Waals surface area contributed by atoms with E-state index in [1.807, 2.05) is 11.8 Å². The molecule has 1 unspecified atom stereocenters. The zero-order chi connectivity index (χ0) is 13.0. The van der Waals surface area contributed by atoms with E-state index >= 15 is 0 Å². The molecule has 18 heavy (non-hydrogen) atoms. The lowest BCUT2D eigenvalue weighted by molar-refractivity contribution is 0.0953. The van der Waals surface area contributed by atoms with E-state index < -0.39 is 0 Å². The molecule has 1 atom stereocenters. The average Bonchev–Trinajstić information content (AvgIpc) is 2.36. The largest absolute Gasteiger partial charge is 0.351 e. The van der Waals surface area contributed by atoms with Crippen LogP contribution in [0, 0.1) is 0 Å². The van der Waals surface area contributed by atoms with E-state index in [0.29, 0.717) is 15.8 Å². The third kappa shape index (κ3) is 4.18. The van der Waals surface area contributed by atoms with E-state index in [0.717, 1.165) is 11.0 Å². The molecule has 1 aromatic carbocycles. The van der Waals surface area contributed by atoms with Crippen molar-refractivity contribution in [3.05, 3.63) is 33.3 Å². The molecule has 0 bridgehead atoms. The molecule has 2 nitrogen and oxygen atoms in total. The van der Waals surface area contributed by atoms with Gasteiger partial charge in [0.25, 0.3) is 5.91 Å². The number of rotatable bonds is 3. The van der Waals surface area contributed by atoms with Gasteiger partial charge in [0.1, 0.15) is 0 Å². The first-order chi connectivity index (χ1) is 8.65. The van der Waals surface area contributed by atoms with Gasteiger partial charge in [0.2, 0.25) is 0 Å². The van der Waals surface area contributed by atoms with Crippen LogP contribution in [-0.2, 0) is 0 Å². The molecule has 1 heterocycles. The van der Waals surface area contributed by atoms with Crippen LogP contribution in [0.4, 0.5) is 0 Å². The van der Waals surface area contributed by atoms with E-state index in [9.17, 15) is 4.79 Å². The molecule has 98 valence electrons. The van der Waals surface area contributed by atoms with Gasteiger partial charge in [-0.25, -0.2) is 0 Å². The molecule has 0 spiro atoms. The molecule has 0 aliphatic carbocycles. The Kier molecular flexibility index (Phi) is 5.39. The first-order valence-corrected chi connectivity index (χ1v) is 8.23. The zero-order valence-electron chi connectivity index (χ0n) is 9.92. The van der Waals surface area contributed by atoms with Gasteiger partial charge in [-0.05, 0) is 36.8 Å². The molecule has 0 aromatic heterocycles. The molecule has 0 saturated carbocycles. The Labute approximate surface area is 125 Å². The molecular weight excluding hydrogens is 334 g/mol. The van der Waals surface area contributed by atoms with Crippen LogP contribution in [0.25, 0.3) is 0 Å². The average molecular weight is 349 g/mol. The van der Waals surface area contributed by atoms with Crippen molar-refractivity contribution in [3.63, 3.8) is 0 Å². The highest BCUT2D eigenvalue weighted by atomic mass is 79.9. The van der Waals surface area contributed by atoms with Gasteiger partial charge in [-0.1, -0.05) is 34.0 Å². The minimum absolute atomic E-state index is 0.0515. The SMILES string of the molecule is O=C(NCC1CCCCS1)c1cc(Cl)cc(Br)c1. The summed E-state index contributed by atoms with van der Waals surface area (Å²) in [4.78, 5) is 12.0. The highest BCUT2D eigenvalue weighted by Crippen LogP contribution is 2.24. The quantitative estimate of drug-likeness (QED) is 0.890. The Balaban J connectivity index is 1.90. The molecule has 1 saturated heterocycles. The second kappa shape index (κ2) is 6.83. The lowest BCUT2D eigenvalue weighted by Crippen LogP contribution is -2.31. The summed E-state index contributed by atoms with van der Waals surface area (Å²) < 4.78 is 0.826. The van der Waals surface area contributed by atoms with Crippen molar-refractivity contribution in [2.45, 2.75) is 24.5 Å². The Hall–Kier alpha value is -0.190. The predicted molar refractivity (Wildman–Crippen MR) is 81.6 cm³/mol. The number of carbonyl (C=O) groups is 1. The van der Waals surface area contributed by atoms with Crippen LogP contribution in [0.1, 0.15) is 29.6 Å². The van der Waals surface area contributed by atoms with E-state index in [2.05, 4.69) is 21.2 Å². The monoisotopic (exact) mass is 347 g/mol. The number of thioether (sulfide) groups is 1. The van der Waals surface area contributed by atoms with Crippen LogP contribution < -0.4 is 5.32 Å². The highest BCUT2D eigenvalue weighted by Gasteiger charge is 2.15. The first-order valence-electron chi connectivity index (χ1n) is 6.01. The molecule has 1 N–H and O–H groups in total. The maximum Gasteiger partial charge on any atom is 0.251 e. The van der Waals surface area contributed by atoms with Crippen molar-refractivity contribution in [2.24, 2.45) is 0 Å². The van der Waals surface area contributed by atoms with E-state index in [1.54, 1.807) is 18.2 Å². The molecule has 2 rings (SSSR count). The summed E-state index contributed by atoms with van der Waals surface area (Å²) in [6, 6.07) is 5.25. The number of nitrogens with one attached hydrogen (secondary N) is 1. The van der Waals surface area contributed by atoms with Crippen molar-refractivity contribution in [3.8, 4) is 0 Å². The fourth-order valence-electron chi connectivity index (χ4n) is 1.96. The zero-order valence-corrected chi connectivity index (χ0v) is 13.1. The summed E-state index contributed by atoms with van der Waals surface area (Å²) in [5.74, 6) is 1.16. The van der Waals surface area contributed by atoms with E-state index in [-0.39, 0.29) is 5.91 Å². The van der Waals surface area contributed by atoms with Crippen LogP contribution in [0.5, 0.6) is 0 Å². The number of hydrogen-bond donors (Lipinski definition) is 1. The number of amides is 1. The number of benzene rings is 1. The predicted octanol–water partition coefficient (Wildman–Crippen LogP) is 4.12. The minimum atomic E-state index is -0.0515. The maximum absolute atomic E-state index is 12.0. The van der Waals surface area contributed by atoms with Gasteiger partial charge in [0.15, 0.2) is 0 Å². The summed E-state index contributed by atoms with van der Waals surface area (Å²) in [6.07, 6.45) is 3.77. The summed E-state index contributed by atoms with van der Waals surface area (Å²) in [5.41, 5.74) is 0.607. The minimum Gasteiger partial charge on any atom is -0.351 e. The van der Waals surface area contributed by atoms with Crippen LogP contribution in [0.2, 0.25) is 5.02 Å². The maximum atomic E-state index is 12.0. The molecular formula is C13H15BrClNOS. The lowest BCUT2D eigenvalue weighted by Gasteiger charge is -2.21. The van der Waals surface area contributed by atoms with Crippen LogP contribution in [-0.4, -0.2) is 23.5 Å². The number of carbonyl (C=O) groups excluding carboxylic acids is 1. The van der Waals surface area contributed by atoms with Crippen LogP contribution in [0.15, 0.2) is 22.7 Å². The molecule has 0 radical (unpaired) electrons. The Morgan fingerprint density at radius 3 is 2.94 bits per heavy atom. The Morgan fingerprint density at radius 2 is 2.28 bits per heavy atom. The van der Waals surface area contributed by atoms with Gasteiger partial charge < -0.3 is 5.32 Å². The van der Waals surface area contributed by atoms with Gasteiger partial charge in [-0.3, -0.25) is 4.79 Å². The van der Waals surface area contributed by atoms with Gasteiger partial charge in [0, 0.05) is 26.9 Å². The van der Waals surface area contributed by atoms with Gasteiger partial charge in [-0.2, -0.15) is 11.8 Å². The van der Waals surface area contributed by atoms with Crippen molar-refractivity contribution in [1.29, 1.82) is 0 Å². The second-order valence-corrected chi connectivity index (χ2v) is 7.12. The van der Waals surface area contributed by atoms with Crippen LogP contribution in [0.3, 0.4) is 0 Å². The van der Waals surface area contributed by atoms with Crippen molar-refractivity contribution in [1.82, 2.24) is 5.32 Å². The summed E-state index contributed by atoms with van der Waals surface area (Å²) in [7, 11) is 0. The van der Waals surface area contributed by atoms with Crippen molar-refractivity contribution < 1.29 is 4.79 Å². The Morgan fingerprint density at radius 1 is 1.44 bits per heavy atom. The first kappa shape index (κ1) is 14.2. The van der Waals surface area contributed by atoms with E-state index in [1.165, 1.54) is 25.0 Å². The van der Waals surface area contributed by atoms with Gasteiger partial charge >= 0.3 is 0 Å². The fourth-order valence-corrected chi connectivity index (χ4v) is 4.06. The van der Waals surface area contributed by atoms with Crippen LogP contribution >= 0.6 is 39.3 Å². The molecule has 1 aliphatic heterocycles. The normalized spacial score (nSPS) is 19.6. The summed E-state index contributed by atoms with van der Waals surface area (Å²) >= 11 is 11.2. The Bertz CT molecular complexity index is 415. The number of hydrogen-bond acceptors (Lipinski definition) is 2. The van der Waals surface area contributed by atoms with E-state index in [4.69, 9.17) is 11.6 Å². The molecule has 1 fully saturated rings. The molecule has 5 heteroatoms.